The van der Waals surface area contributed by atoms with Crippen molar-refractivity contribution in [1.29, 1.82) is 0 Å². The highest BCUT2D eigenvalue weighted by atomic mass is 127. The smallest absolute Gasteiger partial charge is 0.0130 e. The summed E-state index contributed by atoms with van der Waals surface area (Å²) >= 11 is 2.35. The molecule has 1 heterocycles. The molecule has 2 atom stereocenters. The Morgan fingerprint density at radius 1 is 1.33 bits per heavy atom. The molecule has 0 saturated carbocycles. The predicted molar refractivity (Wildman–Crippen MR) is 73.1 cm³/mol. The second-order valence-electron chi connectivity index (χ2n) is 4.61. The summed E-state index contributed by atoms with van der Waals surface area (Å²) in [6.07, 6.45) is 3.84. The van der Waals surface area contributed by atoms with Gasteiger partial charge in [-0.3, -0.25) is 0 Å². The summed E-state index contributed by atoms with van der Waals surface area (Å²) in [6, 6.07) is 9.59. The van der Waals surface area contributed by atoms with Crippen LogP contribution in [-0.2, 0) is 6.42 Å². The maximum absolute atomic E-state index is 3.61. The minimum absolute atomic E-state index is 0.689. The van der Waals surface area contributed by atoms with E-state index in [0.717, 1.165) is 5.92 Å². The number of rotatable bonds is 2. The van der Waals surface area contributed by atoms with Crippen LogP contribution in [0.15, 0.2) is 24.3 Å². The quantitative estimate of drug-likeness (QED) is 0.826. The molecule has 15 heavy (non-hydrogen) atoms. The molecule has 1 aliphatic rings. The molecular weight excluding hydrogens is 297 g/mol. The number of hydrogen-bond acceptors (Lipinski definition) is 1. The molecule has 1 fully saturated rings. The highest BCUT2D eigenvalue weighted by molar-refractivity contribution is 14.1. The highest BCUT2D eigenvalue weighted by Gasteiger charge is 2.17. The minimum Gasteiger partial charge on any atom is -0.314 e. The second-order valence-corrected chi connectivity index (χ2v) is 5.86. The Kier molecular flexibility index (Phi) is 4.03. The lowest BCUT2D eigenvalue weighted by atomic mass is 9.91. The first kappa shape index (κ1) is 11.4. The topological polar surface area (TPSA) is 12.0 Å². The van der Waals surface area contributed by atoms with Gasteiger partial charge in [-0.25, -0.2) is 0 Å². The Labute approximate surface area is 106 Å². The van der Waals surface area contributed by atoms with Crippen molar-refractivity contribution in [3.05, 3.63) is 33.4 Å². The van der Waals surface area contributed by atoms with Crippen LogP contribution in [0.3, 0.4) is 0 Å². The van der Waals surface area contributed by atoms with Crippen LogP contribution in [0, 0.1) is 9.49 Å². The Hall–Kier alpha value is -0.0900. The normalized spacial score (nSPS) is 26.5. The van der Waals surface area contributed by atoms with E-state index in [1.54, 1.807) is 0 Å². The molecule has 2 heteroatoms. The lowest BCUT2D eigenvalue weighted by Gasteiger charge is -2.28. The highest BCUT2D eigenvalue weighted by Crippen LogP contribution is 2.18. The van der Waals surface area contributed by atoms with E-state index in [1.165, 1.54) is 34.9 Å². The first-order valence-electron chi connectivity index (χ1n) is 5.72. The molecule has 0 amide bonds. The van der Waals surface area contributed by atoms with Crippen molar-refractivity contribution in [3.8, 4) is 0 Å². The van der Waals surface area contributed by atoms with Gasteiger partial charge in [-0.05, 0) is 72.0 Å². The van der Waals surface area contributed by atoms with Crippen LogP contribution in [0.25, 0.3) is 0 Å². The van der Waals surface area contributed by atoms with Crippen LogP contribution >= 0.6 is 22.6 Å². The second kappa shape index (κ2) is 5.30. The van der Waals surface area contributed by atoms with E-state index < -0.39 is 0 Å². The fourth-order valence-electron chi connectivity index (χ4n) is 2.28. The van der Waals surface area contributed by atoms with Gasteiger partial charge >= 0.3 is 0 Å². The summed E-state index contributed by atoms with van der Waals surface area (Å²) in [4.78, 5) is 0. The maximum Gasteiger partial charge on any atom is 0.0130 e. The Morgan fingerprint density at radius 2 is 2.07 bits per heavy atom. The molecule has 1 nitrogen and oxygen atoms in total. The van der Waals surface area contributed by atoms with Crippen LogP contribution in [0.1, 0.15) is 25.3 Å². The summed E-state index contributed by atoms with van der Waals surface area (Å²) in [5, 5.41) is 3.61. The molecular formula is C13H18IN. The first-order chi connectivity index (χ1) is 7.24. The van der Waals surface area contributed by atoms with Crippen LogP contribution in [-0.4, -0.2) is 12.6 Å². The molecule has 0 bridgehead atoms. The molecule has 2 rings (SSSR count). The van der Waals surface area contributed by atoms with Gasteiger partial charge in [0, 0.05) is 9.61 Å². The third kappa shape index (κ3) is 3.45. The van der Waals surface area contributed by atoms with Gasteiger partial charge in [0.05, 0.1) is 0 Å². The van der Waals surface area contributed by atoms with Gasteiger partial charge < -0.3 is 5.32 Å². The molecule has 1 aromatic carbocycles. The lowest BCUT2D eigenvalue weighted by Crippen LogP contribution is -2.38. The molecule has 1 N–H and O–H groups in total. The number of nitrogens with one attached hydrogen (secondary N) is 1. The van der Waals surface area contributed by atoms with Gasteiger partial charge in [-0.2, -0.15) is 0 Å². The van der Waals surface area contributed by atoms with E-state index in [9.17, 15) is 0 Å². The van der Waals surface area contributed by atoms with Crippen LogP contribution < -0.4 is 5.32 Å². The third-order valence-electron chi connectivity index (χ3n) is 3.15. The van der Waals surface area contributed by atoms with Gasteiger partial charge in [-0.15, -0.1) is 0 Å². The molecule has 0 aromatic heterocycles. The summed E-state index contributed by atoms with van der Waals surface area (Å²) in [5.41, 5.74) is 1.46. The zero-order valence-corrected chi connectivity index (χ0v) is 11.3. The van der Waals surface area contributed by atoms with Crippen molar-refractivity contribution in [2.24, 2.45) is 5.92 Å². The molecule has 0 spiro atoms. The van der Waals surface area contributed by atoms with Gasteiger partial charge in [-0.1, -0.05) is 19.1 Å². The predicted octanol–water partition coefficient (Wildman–Crippen LogP) is 3.22. The van der Waals surface area contributed by atoms with Crippen LogP contribution in [0.2, 0.25) is 0 Å². The summed E-state index contributed by atoms with van der Waals surface area (Å²) < 4.78 is 1.32. The van der Waals surface area contributed by atoms with Crippen LogP contribution in [0.5, 0.6) is 0 Å². The zero-order chi connectivity index (χ0) is 10.7. The van der Waals surface area contributed by atoms with E-state index in [0.29, 0.717) is 6.04 Å². The van der Waals surface area contributed by atoms with Crippen molar-refractivity contribution < 1.29 is 0 Å². The first-order valence-corrected chi connectivity index (χ1v) is 6.80. The van der Waals surface area contributed by atoms with Crippen LogP contribution in [0.4, 0.5) is 0 Å². The van der Waals surface area contributed by atoms with Crippen molar-refractivity contribution in [3.63, 3.8) is 0 Å². The maximum atomic E-state index is 3.61. The van der Waals surface area contributed by atoms with Crippen molar-refractivity contribution in [1.82, 2.24) is 5.32 Å². The molecule has 1 aliphatic heterocycles. The number of halogens is 1. The fraction of sp³-hybridized carbons (Fsp3) is 0.538. The molecule has 0 radical (unpaired) electrons. The van der Waals surface area contributed by atoms with Crippen molar-refractivity contribution in [2.75, 3.05) is 6.54 Å². The van der Waals surface area contributed by atoms with Gasteiger partial charge in [0.15, 0.2) is 0 Å². The number of hydrogen-bond donors (Lipinski definition) is 1. The van der Waals surface area contributed by atoms with E-state index >= 15 is 0 Å². The Morgan fingerprint density at radius 3 is 2.73 bits per heavy atom. The fourth-order valence-corrected chi connectivity index (χ4v) is 2.64. The van der Waals surface area contributed by atoms with Crippen molar-refractivity contribution in [2.45, 2.75) is 32.2 Å². The average Bonchev–Trinajstić information content (AvgIpc) is 2.22. The SMILES string of the molecule is CC1CCNC(Cc2ccc(I)cc2)C1. The summed E-state index contributed by atoms with van der Waals surface area (Å²) in [5.74, 6) is 0.889. The zero-order valence-electron chi connectivity index (χ0n) is 9.17. The largest absolute Gasteiger partial charge is 0.314 e. The standard InChI is InChI=1S/C13H18IN/c1-10-6-7-15-13(8-10)9-11-2-4-12(14)5-3-11/h2-5,10,13,15H,6-9H2,1H3. The molecule has 1 saturated heterocycles. The molecule has 2 unspecified atom stereocenters. The van der Waals surface area contributed by atoms with E-state index in [4.69, 9.17) is 0 Å². The Bertz CT molecular complexity index is 307. The summed E-state index contributed by atoms with van der Waals surface area (Å²) in [6.45, 7) is 3.55. The third-order valence-corrected chi connectivity index (χ3v) is 3.87. The van der Waals surface area contributed by atoms with E-state index in [2.05, 4.69) is 59.1 Å². The molecule has 0 aliphatic carbocycles. The monoisotopic (exact) mass is 315 g/mol. The number of benzene rings is 1. The summed E-state index contributed by atoms with van der Waals surface area (Å²) in [7, 11) is 0. The van der Waals surface area contributed by atoms with Crippen molar-refractivity contribution >= 4 is 22.6 Å². The average molecular weight is 315 g/mol. The van der Waals surface area contributed by atoms with Gasteiger partial charge in [0.25, 0.3) is 0 Å². The molecule has 82 valence electrons. The van der Waals surface area contributed by atoms with Gasteiger partial charge in [0.2, 0.25) is 0 Å². The minimum atomic E-state index is 0.689. The van der Waals surface area contributed by atoms with E-state index in [-0.39, 0.29) is 0 Å². The lowest BCUT2D eigenvalue weighted by molar-refractivity contribution is 0.318. The van der Waals surface area contributed by atoms with E-state index in [1.807, 2.05) is 0 Å². The molecule has 1 aromatic rings. The number of piperidine rings is 1. The Balaban J connectivity index is 1.93. The van der Waals surface area contributed by atoms with Gasteiger partial charge in [0.1, 0.15) is 0 Å².